The molecule has 1 aromatic heterocycles. The first-order valence-electron chi connectivity index (χ1n) is 7.21. The van der Waals surface area contributed by atoms with Gasteiger partial charge in [-0.05, 0) is 36.8 Å². The Morgan fingerprint density at radius 2 is 2.09 bits per heavy atom. The normalized spacial score (nSPS) is 11.9. The topological polar surface area (TPSA) is 62.2 Å². The van der Waals surface area contributed by atoms with Crippen molar-refractivity contribution in [1.82, 2.24) is 10.3 Å². The van der Waals surface area contributed by atoms with E-state index in [1.807, 2.05) is 36.6 Å². The van der Waals surface area contributed by atoms with Gasteiger partial charge in [-0.25, -0.2) is 4.98 Å². The lowest BCUT2D eigenvalue weighted by Gasteiger charge is -2.19. The minimum absolute atomic E-state index is 0.105. The van der Waals surface area contributed by atoms with Crippen LogP contribution in [0.15, 0.2) is 53.7 Å². The molecule has 2 N–H and O–H groups in total. The van der Waals surface area contributed by atoms with E-state index in [0.29, 0.717) is 18.4 Å². The summed E-state index contributed by atoms with van der Waals surface area (Å²) >= 11 is 1.51. The number of aliphatic hydroxyl groups excluding tert-OH is 1. The highest BCUT2D eigenvalue weighted by Gasteiger charge is 2.15. The van der Waals surface area contributed by atoms with Crippen molar-refractivity contribution in [2.45, 2.75) is 23.9 Å². The van der Waals surface area contributed by atoms with E-state index in [-0.39, 0.29) is 18.6 Å². The number of thioether (sulfide) groups is 1. The summed E-state index contributed by atoms with van der Waals surface area (Å²) in [6.07, 6.45) is 4.92. The molecular formula is C17H20N2O2S. The van der Waals surface area contributed by atoms with Gasteiger partial charge in [0.2, 0.25) is 0 Å². The number of hydrogen-bond acceptors (Lipinski definition) is 4. The molecule has 22 heavy (non-hydrogen) atoms. The highest BCUT2D eigenvalue weighted by Crippen LogP contribution is 2.19. The molecule has 1 atom stereocenters. The lowest BCUT2D eigenvalue weighted by Crippen LogP contribution is -2.28. The molecule has 5 heteroatoms. The van der Waals surface area contributed by atoms with Crippen LogP contribution in [-0.2, 0) is 0 Å². The van der Waals surface area contributed by atoms with Gasteiger partial charge in [0.05, 0.1) is 11.1 Å². The zero-order valence-electron chi connectivity index (χ0n) is 12.5. The fraction of sp³-hybridized carbons (Fsp3) is 0.294. The first kappa shape index (κ1) is 16.5. The quantitative estimate of drug-likeness (QED) is 0.771. The van der Waals surface area contributed by atoms with Crippen LogP contribution in [0.3, 0.4) is 0 Å². The number of pyridine rings is 1. The average molecular weight is 316 g/mol. The predicted molar refractivity (Wildman–Crippen MR) is 89.0 cm³/mol. The maximum absolute atomic E-state index is 12.4. The molecule has 2 rings (SSSR count). The van der Waals surface area contributed by atoms with Crippen molar-refractivity contribution < 1.29 is 9.90 Å². The monoisotopic (exact) mass is 316 g/mol. The molecule has 2 aromatic rings. The van der Waals surface area contributed by atoms with E-state index in [4.69, 9.17) is 5.11 Å². The number of benzene rings is 1. The number of hydrogen-bond donors (Lipinski definition) is 2. The van der Waals surface area contributed by atoms with Crippen LogP contribution < -0.4 is 5.32 Å². The Bertz CT molecular complexity index is 605. The number of aliphatic hydroxyl groups is 1. The highest BCUT2D eigenvalue weighted by molar-refractivity contribution is 7.98. The number of amides is 1. The van der Waals surface area contributed by atoms with Gasteiger partial charge in [-0.15, -0.1) is 11.8 Å². The molecule has 4 nitrogen and oxygen atoms in total. The molecule has 0 bridgehead atoms. The summed E-state index contributed by atoms with van der Waals surface area (Å²) in [6.45, 7) is 0.116. The first-order valence-corrected chi connectivity index (χ1v) is 8.43. The molecule has 0 aliphatic rings. The van der Waals surface area contributed by atoms with Crippen LogP contribution in [0.25, 0.3) is 0 Å². The van der Waals surface area contributed by atoms with Gasteiger partial charge in [0, 0.05) is 18.4 Å². The van der Waals surface area contributed by atoms with Crippen molar-refractivity contribution >= 4 is 17.7 Å². The fourth-order valence-electron chi connectivity index (χ4n) is 2.21. The second kappa shape index (κ2) is 8.56. The number of rotatable bonds is 7. The first-order chi connectivity index (χ1) is 10.7. The van der Waals surface area contributed by atoms with Crippen molar-refractivity contribution in [2.24, 2.45) is 0 Å². The van der Waals surface area contributed by atoms with Crippen molar-refractivity contribution in [3.05, 3.63) is 59.8 Å². The molecule has 116 valence electrons. The van der Waals surface area contributed by atoms with Crippen molar-refractivity contribution in [3.8, 4) is 0 Å². The Balaban J connectivity index is 2.13. The zero-order valence-corrected chi connectivity index (χ0v) is 13.3. The predicted octanol–water partition coefficient (Wildman–Crippen LogP) is 3.05. The molecule has 0 saturated heterocycles. The summed E-state index contributed by atoms with van der Waals surface area (Å²) in [4.78, 5) is 16.6. The summed E-state index contributed by atoms with van der Waals surface area (Å²) in [6, 6.07) is 13.2. The Morgan fingerprint density at radius 3 is 2.77 bits per heavy atom. The number of carbonyl (C=O) groups excluding carboxylic acids is 1. The zero-order chi connectivity index (χ0) is 15.8. The van der Waals surface area contributed by atoms with Gasteiger partial charge in [-0.3, -0.25) is 4.79 Å². The van der Waals surface area contributed by atoms with Gasteiger partial charge >= 0.3 is 0 Å². The maximum atomic E-state index is 12.4. The molecule has 1 heterocycles. The third-order valence-corrected chi connectivity index (χ3v) is 4.01. The van der Waals surface area contributed by atoms with Crippen LogP contribution in [0.5, 0.6) is 0 Å². The van der Waals surface area contributed by atoms with Crippen molar-refractivity contribution in [2.75, 3.05) is 12.9 Å². The SMILES string of the molecule is CSc1cc(C(=O)NC(CCCO)c2ccccc2)ccn1. The summed E-state index contributed by atoms with van der Waals surface area (Å²) in [7, 11) is 0. The van der Waals surface area contributed by atoms with Gasteiger partial charge in [-0.2, -0.15) is 0 Å². The van der Waals surface area contributed by atoms with Crippen LogP contribution in [0, 0.1) is 0 Å². The van der Waals surface area contributed by atoms with E-state index in [2.05, 4.69) is 10.3 Å². The second-order valence-corrected chi connectivity index (χ2v) is 5.72. The molecule has 0 aliphatic carbocycles. The number of aromatic nitrogens is 1. The van der Waals surface area contributed by atoms with Gasteiger partial charge in [-0.1, -0.05) is 30.3 Å². The van der Waals surface area contributed by atoms with E-state index >= 15 is 0 Å². The Labute approximate surface area is 135 Å². The van der Waals surface area contributed by atoms with Crippen molar-refractivity contribution in [3.63, 3.8) is 0 Å². The third-order valence-electron chi connectivity index (χ3n) is 3.36. The van der Waals surface area contributed by atoms with E-state index in [1.54, 1.807) is 18.3 Å². The fourth-order valence-corrected chi connectivity index (χ4v) is 2.62. The standard InChI is InChI=1S/C17H20N2O2S/c1-22-16-12-14(9-10-18-16)17(21)19-15(8-5-11-20)13-6-3-2-4-7-13/h2-4,6-7,9-10,12,15,20H,5,8,11H2,1H3,(H,19,21). The van der Waals surface area contributed by atoms with E-state index in [9.17, 15) is 4.79 Å². The lowest BCUT2D eigenvalue weighted by atomic mass is 10.0. The highest BCUT2D eigenvalue weighted by atomic mass is 32.2. The van der Waals surface area contributed by atoms with Gasteiger partial charge in [0.1, 0.15) is 0 Å². The summed E-state index contributed by atoms with van der Waals surface area (Å²) in [5.74, 6) is -0.121. The van der Waals surface area contributed by atoms with Crippen LogP contribution >= 0.6 is 11.8 Å². The van der Waals surface area contributed by atoms with Crippen LogP contribution in [0.1, 0.15) is 34.8 Å². The largest absolute Gasteiger partial charge is 0.396 e. The number of nitrogens with zero attached hydrogens (tertiary/aromatic N) is 1. The summed E-state index contributed by atoms with van der Waals surface area (Å²) in [5.41, 5.74) is 1.65. The Hall–Kier alpha value is -1.85. The minimum atomic E-state index is -0.121. The minimum Gasteiger partial charge on any atom is -0.396 e. The number of nitrogens with one attached hydrogen (secondary N) is 1. The van der Waals surface area contributed by atoms with E-state index < -0.39 is 0 Å². The molecule has 1 aromatic carbocycles. The van der Waals surface area contributed by atoms with Crippen LogP contribution in [0.4, 0.5) is 0 Å². The maximum Gasteiger partial charge on any atom is 0.251 e. The Kier molecular flexibility index (Phi) is 6.43. The van der Waals surface area contributed by atoms with Crippen molar-refractivity contribution in [1.29, 1.82) is 0 Å². The second-order valence-electron chi connectivity index (χ2n) is 4.89. The summed E-state index contributed by atoms with van der Waals surface area (Å²) in [5, 5.41) is 12.9. The molecule has 0 aliphatic heterocycles. The smallest absolute Gasteiger partial charge is 0.251 e. The van der Waals surface area contributed by atoms with Gasteiger partial charge in [0.25, 0.3) is 5.91 Å². The summed E-state index contributed by atoms with van der Waals surface area (Å²) < 4.78 is 0. The molecule has 0 spiro atoms. The molecule has 1 amide bonds. The van der Waals surface area contributed by atoms with E-state index in [1.165, 1.54) is 11.8 Å². The van der Waals surface area contributed by atoms with Gasteiger partial charge < -0.3 is 10.4 Å². The van der Waals surface area contributed by atoms with Crippen LogP contribution in [-0.4, -0.2) is 28.9 Å². The molecule has 0 saturated carbocycles. The van der Waals surface area contributed by atoms with Crippen LogP contribution in [0.2, 0.25) is 0 Å². The molecular weight excluding hydrogens is 296 g/mol. The number of carbonyl (C=O) groups is 1. The molecule has 1 unspecified atom stereocenters. The third kappa shape index (κ3) is 4.58. The molecule has 0 radical (unpaired) electrons. The van der Waals surface area contributed by atoms with E-state index in [0.717, 1.165) is 10.6 Å². The molecule has 0 fully saturated rings. The Morgan fingerprint density at radius 1 is 1.32 bits per heavy atom. The lowest BCUT2D eigenvalue weighted by molar-refractivity contribution is 0.0932. The van der Waals surface area contributed by atoms with Gasteiger partial charge in [0.15, 0.2) is 0 Å². The average Bonchev–Trinajstić information content (AvgIpc) is 2.59.